The maximum atomic E-state index is 12.4. The van der Waals surface area contributed by atoms with Crippen molar-refractivity contribution >= 4 is 21.8 Å². The average Bonchev–Trinajstić information content (AvgIpc) is 2.54. The van der Waals surface area contributed by atoms with Crippen molar-refractivity contribution in [1.29, 1.82) is 0 Å². The van der Waals surface area contributed by atoms with Crippen LogP contribution in [0.25, 0.3) is 0 Å². The van der Waals surface area contributed by atoms with Gasteiger partial charge in [0.1, 0.15) is 0 Å². The molecule has 2 N–H and O–H groups in total. The van der Waals surface area contributed by atoms with Crippen molar-refractivity contribution in [1.82, 2.24) is 9.29 Å². The topological polar surface area (TPSA) is 76.3 Å². The predicted octanol–water partition coefficient (Wildman–Crippen LogP) is 1.11. The molecule has 1 aromatic heterocycles. The Hall–Kier alpha value is -0.630. The number of aromatic nitrogens is 1. The molecule has 0 atom stereocenters. The number of aryl methyl sites for hydroxylation is 1. The summed E-state index contributed by atoms with van der Waals surface area (Å²) >= 11 is 1.76. The third-order valence-corrected chi connectivity index (χ3v) is 7.49. The summed E-state index contributed by atoms with van der Waals surface area (Å²) in [7, 11) is -3.20. The van der Waals surface area contributed by atoms with Crippen molar-refractivity contribution in [2.24, 2.45) is 5.73 Å². The minimum atomic E-state index is -3.20. The van der Waals surface area contributed by atoms with Crippen LogP contribution < -0.4 is 5.73 Å². The van der Waals surface area contributed by atoms with Gasteiger partial charge in [0.05, 0.1) is 5.75 Å². The average molecular weight is 329 g/mol. The lowest BCUT2D eigenvalue weighted by Gasteiger charge is -2.39. The number of hydrogen-bond acceptors (Lipinski definition) is 5. The molecule has 0 bridgehead atoms. The third-order valence-electron chi connectivity index (χ3n) is 4.17. The molecule has 0 aliphatic carbocycles. The Morgan fingerprint density at radius 1 is 1.38 bits per heavy atom. The van der Waals surface area contributed by atoms with Gasteiger partial charge in [-0.2, -0.15) is 11.8 Å². The number of hydrogen-bond donors (Lipinski definition) is 1. The molecule has 1 aliphatic rings. The first-order valence-corrected chi connectivity index (χ1v) is 9.98. The molecule has 0 amide bonds. The summed E-state index contributed by atoms with van der Waals surface area (Å²) in [6.45, 7) is 1.75. The summed E-state index contributed by atoms with van der Waals surface area (Å²) in [5.41, 5.74) is 6.66. The molecule has 7 heteroatoms. The normalized spacial score (nSPS) is 19.5. The summed E-state index contributed by atoms with van der Waals surface area (Å²) in [5, 5.41) is 0. The highest BCUT2D eigenvalue weighted by atomic mass is 32.2. The summed E-state index contributed by atoms with van der Waals surface area (Å²) in [5.74, 6) is 0.124. The Morgan fingerprint density at radius 3 is 2.62 bits per heavy atom. The predicted molar refractivity (Wildman–Crippen MR) is 87.8 cm³/mol. The number of nitrogens with zero attached hydrogens (tertiary/aromatic N) is 2. The fourth-order valence-corrected chi connectivity index (χ4v) is 4.79. The van der Waals surface area contributed by atoms with Crippen molar-refractivity contribution in [3.63, 3.8) is 0 Å². The molecule has 1 aromatic rings. The molecular weight excluding hydrogens is 306 g/mol. The number of pyridine rings is 1. The second kappa shape index (κ2) is 7.09. The molecule has 2 rings (SSSR count). The third kappa shape index (κ3) is 4.18. The largest absolute Gasteiger partial charge is 0.329 e. The molecule has 5 nitrogen and oxygen atoms in total. The van der Waals surface area contributed by atoms with Crippen LogP contribution in [0.2, 0.25) is 0 Å². The molecule has 118 valence electrons. The van der Waals surface area contributed by atoms with Gasteiger partial charge in [0, 0.05) is 42.7 Å². The van der Waals surface area contributed by atoms with Crippen molar-refractivity contribution in [3.8, 4) is 0 Å². The number of thioether (sulfide) groups is 1. The van der Waals surface area contributed by atoms with Gasteiger partial charge in [0.2, 0.25) is 10.0 Å². The van der Waals surface area contributed by atoms with Crippen LogP contribution in [0.3, 0.4) is 0 Å². The van der Waals surface area contributed by atoms with E-state index in [0.717, 1.165) is 18.5 Å². The lowest BCUT2D eigenvalue weighted by Crippen LogP contribution is -2.48. The Labute approximate surface area is 131 Å². The van der Waals surface area contributed by atoms with E-state index >= 15 is 0 Å². The van der Waals surface area contributed by atoms with E-state index in [9.17, 15) is 8.42 Å². The monoisotopic (exact) mass is 329 g/mol. The standard InChI is InChI=1S/C14H23N3O2S2/c1-20-14(12-15)6-9-17(10-7-14)21(18,19)11-5-13-4-2-3-8-16-13/h2-4,8H,5-7,9-12,15H2,1H3. The molecule has 1 saturated heterocycles. The summed E-state index contributed by atoms with van der Waals surface area (Å²) < 4.78 is 26.5. The van der Waals surface area contributed by atoms with Crippen LogP contribution in [0.15, 0.2) is 24.4 Å². The fraction of sp³-hybridized carbons (Fsp3) is 0.643. The summed E-state index contributed by atoms with van der Waals surface area (Å²) in [6, 6.07) is 5.57. The van der Waals surface area contributed by atoms with Gasteiger partial charge in [-0.25, -0.2) is 12.7 Å². The van der Waals surface area contributed by atoms with Crippen molar-refractivity contribution in [2.75, 3.05) is 31.6 Å². The number of rotatable bonds is 6. The zero-order valence-corrected chi connectivity index (χ0v) is 14.0. The maximum Gasteiger partial charge on any atom is 0.214 e. The lowest BCUT2D eigenvalue weighted by atomic mass is 9.97. The van der Waals surface area contributed by atoms with E-state index in [-0.39, 0.29) is 10.5 Å². The first kappa shape index (κ1) is 16.7. The Kier molecular flexibility index (Phi) is 5.65. The highest BCUT2D eigenvalue weighted by molar-refractivity contribution is 8.00. The quantitative estimate of drug-likeness (QED) is 0.846. The van der Waals surface area contributed by atoms with Gasteiger partial charge >= 0.3 is 0 Å². The molecule has 0 saturated carbocycles. The summed E-state index contributed by atoms with van der Waals surface area (Å²) in [6.07, 6.45) is 5.86. The first-order chi connectivity index (χ1) is 10.0. The van der Waals surface area contributed by atoms with Crippen molar-refractivity contribution in [2.45, 2.75) is 24.0 Å². The van der Waals surface area contributed by atoms with Gasteiger partial charge in [-0.05, 0) is 31.2 Å². The maximum absolute atomic E-state index is 12.4. The Balaban J connectivity index is 1.92. The van der Waals surface area contributed by atoms with E-state index in [1.54, 1.807) is 22.3 Å². The molecule has 0 spiro atoms. The van der Waals surface area contributed by atoms with E-state index in [1.807, 2.05) is 18.2 Å². The van der Waals surface area contributed by atoms with Crippen LogP contribution in [-0.2, 0) is 16.4 Å². The van der Waals surface area contributed by atoms with Crippen LogP contribution in [0.5, 0.6) is 0 Å². The van der Waals surface area contributed by atoms with E-state index in [4.69, 9.17) is 5.73 Å². The van der Waals surface area contributed by atoms with Crippen LogP contribution >= 0.6 is 11.8 Å². The number of sulfonamides is 1. The highest BCUT2D eigenvalue weighted by Gasteiger charge is 2.36. The lowest BCUT2D eigenvalue weighted by molar-refractivity contribution is 0.301. The van der Waals surface area contributed by atoms with E-state index in [0.29, 0.717) is 26.1 Å². The Morgan fingerprint density at radius 2 is 2.10 bits per heavy atom. The van der Waals surface area contributed by atoms with E-state index in [2.05, 4.69) is 11.2 Å². The molecule has 0 aromatic carbocycles. The first-order valence-electron chi connectivity index (χ1n) is 7.14. The summed E-state index contributed by atoms with van der Waals surface area (Å²) in [4.78, 5) is 4.17. The zero-order chi connectivity index (χ0) is 15.3. The molecule has 1 aliphatic heterocycles. The Bertz CT molecular complexity index is 535. The van der Waals surface area contributed by atoms with Crippen LogP contribution in [0.1, 0.15) is 18.5 Å². The van der Waals surface area contributed by atoms with Gasteiger partial charge in [-0.1, -0.05) is 6.07 Å². The van der Waals surface area contributed by atoms with Crippen LogP contribution in [0.4, 0.5) is 0 Å². The van der Waals surface area contributed by atoms with Gasteiger partial charge in [0.25, 0.3) is 0 Å². The van der Waals surface area contributed by atoms with E-state index < -0.39 is 10.0 Å². The molecule has 2 heterocycles. The van der Waals surface area contributed by atoms with Crippen LogP contribution in [-0.4, -0.2) is 54.1 Å². The van der Waals surface area contributed by atoms with Gasteiger partial charge < -0.3 is 5.73 Å². The fourth-order valence-electron chi connectivity index (χ4n) is 2.57. The SMILES string of the molecule is CSC1(CN)CCN(S(=O)(=O)CCc2ccccn2)CC1. The molecule has 0 radical (unpaired) electrons. The van der Waals surface area contributed by atoms with Crippen LogP contribution in [0, 0.1) is 0 Å². The van der Waals surface area contributed by atoms with Crippen molar-refractivity contribution in [3.05, 3.63) is 30.1 Å². The van der Waals surface area contributed by atoms with Gasteiger partial charge in [-0.3, -0.25) is 4.98 Å². The molecule has 0 unspecified atom stereocenters. The minimum Gasteiger partial charge on any atom is -0.329 e. The highest BCUT2D eigenvalue weighted by Crippen LogP contribution is 2.34. The second-order valence-electron chi connectivity index (χ2n) is 5.38. The molecule has 1 fully saturated rings. The zero-order valence-electron chi connectivity index (χ0n) is 12.4. The minimum absolute atomic E-state index is 0.0486. The smallest absolute Gasteiger partial charge is 0.214 e. The van der Waals surface area contributed by atoms with Gasteiger partial charge in [-0.15, -0.1) is 0 Å². The number of piperidine rings is 1. The van der Waals surface area contributed by atoms with Crippen molar-refractivity contribution < 1.29 is 8.42 Å². The second-order valence-corrected chi connectivity index (χ2v) is 8.74. The van der Waals surface area contributed by atoms with Gasteiger partial charge in [0.15, 0.2) is 0 Å². The molecule has 21 heavy (non-hydrogen) atoms. The van der Waals surface area contributed by atoms with E-state index in [1.165, 1.54) is 0 Å². The molecular formula is C14H23N3O2S2. The number of nitrogens with two attached hydrogens (primary N) is 1.